The Labute approximate surface area is 97.9 Å². The van der Waals surface area contributed by atoms with Crippen molar-refractivity contribution in [1.82, 2.24) is 0 Å². The first-order chi connectivity index (χ1) is 8.09. The zero-order valence-electron chi connectivity index (χ0n) is 8.92. The van der Waals surface area contributed by atoms with Gasteiger partial charge in [-0.3, -0.25) is 4.79 Å². The molecule has 0 atom stereocenters. The molecule has 0 spiro atoms. The summed E-state index contributed by atoms with van der Waals surface area (Å²) in [5.41, 5.74) is 6.10. The van der Waals surface area contributed by atoms with Crippen molar-refractivity contribution in [1.29, 1.82) is 0 Å². The van der Waals surface area contributed by atoms with E-state index in [1.807, 2.05) is 0 Å². The summed E-state index contributed by atoms with van der Waals surface area (Å²) in [7, 11) is 0. The summed E-state index contributed by atoms with van der Waals surface area (Å²) in [5, 5.41) is 19.2. The molecule has 0 aliphatic heterocycles. The Morgan fingerprint density at radius 1 is 0.941 bits per heavy atom. The molecule has 4 nitrogen and oxygen atoms in total. The molecule has 0 amide bonds. The Bertz CT molecular complexity index is 579. The summed E-state index contributed by atoms with van der Waals surface area (Å²) >= 11 is 0. The maximum Gasteiger partial charge on any atom is 0.200 e. The lowest BCUT2D eigenvalue weighted by atomic mass is 10.0. The zero-order chi connectivity index (χ0) is 12.4. The monoisotopic (exact) mass is 229 g/mol. The average Bonchev–Trinajstić information content (AvgIpc) is 2.29. The first kappa shape index (κ1) is 11.0. The molecule has 2 rings (SSSR count). The average molecular weight is 229 g/mol. The second-order valence-corrected chi connectivity index (χ2v) is 3.62. The van der Waals surface area contributed by atoms with Crippen molar-refractivity contribution in [2.45, 2.75) is 0 Å². The number of nitrogens with two attached hydrogens (primary N) is 1. The lowest BCUT2D eigenvalue weighted by molar-refractivity contribution is 0.103. The van der Waals surface area contributed by atoms with Crippen LogP contribution < -0.4 is 5.73 Å². The van der Waals surface area contributed by atoms with Crippen molar-refractivity contribution in [2.24, 2.45) is 0 Å². The maximum absolute atomic E-state index is 12.0. The highest BCUT2D eigenvalue weighted by Gasteiger charge is 2.16. The molecule has 0 unspecified atom stereocenters. The van der Waals surface area contributed by atoms with Gasteiger partial charge in [0.2, 0.25) is 0 Å². The molecular formula is C13H11NO3. The van der Waals surface area contributed by atoms with Crippen molar-refractivity contribution in [3.8, 4) is 11.5 Å². The van der Waals surface area contributed by atoms with Crippen LogP contribution in [0.2, 0.25) is 0 Å². The van der Waals surface area contributed by atoms with E-state index in [9.17, 15) is 15.0 Å². The number of hydrogen-bond acceptors (Lipinski definition) is 4. The number of aromatic hydroxyl groups is 2. The Balaban J connectivity index is 2.48. The molecule has 0 aliphatic rings. The fraction of sp³-hybridized carbons (Fsp3) is 0. The SMILES string of the molecule is Nc1ccc(C(=O)c2ccccc2O)c(O)c1. The molecule has 0 fully saturated rings. The van der Waals surface area contributed by atoms with E-state index in [0.717, 1.165) is 0 Å². The number of anilines is 1. The van der Waals surface area contributed by atoms with Crippen LogP contribution in [0.25, 0.3) is 0 Å². The normalized spacial score (nSPS) is 10.1. The van der Waals surface area contributed by atoms with Crippen LogP contribution in [0.3, 0.4) is 0 Å². The molecule has 4 heteroatoms. The molecule has 0 aromatic heterocycles. The van der Waals surface area contributed by atoms with Crippen LogP contribution in [0.5, 0.6) is 11.5 Å². The molecular weight excluding hydrogens is 218 g/mol. The van der Waals surface area contributed by atoms with Crippen LogP contribution in [0, 0.1) is 0 Å². The van der Waals surface area contributed by atoms with Crippen molar-refractivity contribution in [2.75, 3.05) is 5.73 Å². The maximum atomic E-state index is 12.0. The minimum Gasteiger partial charge on any atom is -0.507 e. The molecule has 0 heterocycles. The van der Waals surface area contributed by atoms with E-state index >= 15 is 0 Å². The smallest absolute Gasteiger partial charge is 0.200 e. The van der Waals surface area contributed by atoms with Crippen LogP contribution in [-0.4, -0.2) is 16.0 Å². The second kappa shape index (κ2) is 4.17. The van der Waals surface area contributed by atoms with Crippen LogP contribution in [0.1, 0.15) is 15.9 Å². The Hall–Kier alpha value is -2.49. The summed E-state index contributed by atoms with van der Waals surface area (Å²) in [6.07, 6.45) is 0. The van der Waals surface area contributed by atoms with Crippen molar-refractivity contribution >= 4 is 11.5 Å². The van der Waals surface area contributed by atoms with Gasteiger partial charge in [-0.05, 0) is 24.3 Å². The third kappa shape index (κ3) is 2.06. The van der Waals surface area contributed by atoms with E-state index in [2.05, 4.69) is 0 Å². The Morgan fingerprint density at radius 2 is 1.59 bits per heavy atom. The number of ketones is 1. The highest BCUT2D eigenvalue weighted by atomic mass is 16.3. The van der Waals surface area contributed by atoms with Crippen molar-refractivity contribution in [3.63, 3.8) is 0 Å². The Kier molecular flexibility index (Phi) is 2.70. The zero-order valence-corrected chi connectivity index (χ0v) is 8.92. The highest BCUT2D eigenvalue weighted by Crippen LogP contribution is 2.26. The molecule has 0 radical (unpaired) electrons. The van der Waals surface area contributed by atoms with Crippen molar-refractivity contribution in [3.05, 3.63) is 53.6 Å². The summed E-state index contributed by atoms with van der Waals surface area (Å²) in [4.78, 5) is 12.0. The minimum atomic E-state index is -0.444. The van der Waals surface area contributed by atoms with E-state index in [4.69, 9.17) is 5.73 Å². The van der Waals surface area contributed by atoms with Crippen LogP contribution in [0.15, 0.2) is 42.5 Å². The topological polar surface area (TPSA) is 83.6 Å². The van der Waals surface area contributed by atoms with E-state index < -0.39 is 5.78 Å². The summed E-state index contributed by atoms with van der Waals surface area (Å²) < 4.78 is 0. The minimum absolute atomic E-state index is 0.112. The van der Waals surface area contributed by atoms with Gasteiger partial charge in [-0.25, -0.2) is 0 Å². The van der Waals surface area contributed by atoms with Crippen LogP contribution >= 0.6 is 0 Å². The van der Waals surface area contributed by atoms with Gasteiger partial charge in [0, 0.05) is 11.8 Å². The lowest BCUT2D eigenvalue weighted by Crippen LogP contribution is -2.02. The largest absolute Gasteiger partial charge is 0.507 e. The summed E-state index contributed by atoms with van der Waals surface area (Å²) in [6, 6.07) is 10.4. The van der Waals surface area contributed by atoms with Gasteiger partial charge in [0.15, 0.2) is 5.78 Å². The van der Waals surface area contributed by atoms with Crippen LogP contribution in [0.4, 0.5) is 5.69 Å². The highest BCUT2D eigenvalue weighted by molar-refractivity contribution is 6.12. The molecule has 0 saturated heterocycles. The predicted octanol–water partition coefficient (Wildman–Crippen LogP) is 1.91. The Morgan fingerprint density at radius 3 is 2.24 bits per heavy atom. The van der Waals surface area contributed by atoms with Crippen molar-refractivity contribution < 1.29 is 15.0 Å². The number of phenolic OH excluding ortho intramolecular Hbond substituents is 2. The molecule has 2 aromatic rings. The van der Waals surface area contributed by atoms with E-state index in [0.29, 0.717) is 5.69 Å². The number of para-hydroxylation sites is 1. The predicted molar refractivity (Wildman–Crippen MR) is 64.1 cm³/mol. The third-order valence-electron chi connectivity index (χ3n) is 2.42. The standard InChI is InChI=1S/C13H11NO3/c14-8-5-6-10(12(16)7-8)13(17)9-3-1-2-4-11(9)15/h1-7,15-16H,14H2. The van der Waals surface area contributed by atoms with Crippen LogP contribution in [-0.2, 0) is 0 Å². The number of benzene rings is 2. The number of hydrogen-bond donors (Lipinski definition) is 3. The van der Waals surface area contributed by atoms with E-state index in [-0.39, 0.29) is 22.6 Å². The number of rotatable bonds is 2. The van der Waals surface area contributed by atoms with Gasteiger partial charge in [-0.2, -0.15) is 0 Å². The molecule has 17 heavy (non-hydrogen) atoms. The van der Waals surface area contributed by atoms with Gasteiger partial charge in [0.25, 0.3) is 0 Å². The lowest BCUT2D eigenvalue weighted by Gasteiger charge is -2.06. The summed E-state index contributed by atoms with van der Waals surface area (Å²) in [5.74, 6) is -0.757. The van der Waals surface area contributed by atoms with E-state index in [1.165, 1.54) is 30.3 Å². The first-order valence-corrected chi connectivity index (χ1v) is 5.01. The quantitative estimate of drug-likeness (QED) is 0.542. The fourth-order valence-corrected chi connectivity index (χ4v) is 1.55. The van der Waals surface area contributed by atoms with Gasteiger partial charge in [-0.1, -0.05) is 12.1 Å². The number of carbonyl (C=O) groups is 1. The first-order valence-electron chi connectivity index (χ1n) is 5.01. The molecule has 4 N–H and O–H groups in total. The third-order valence-corrected chi connectivity index (χ3v) is 2.42. The number of carbonyl (C=O) groups excluding carboxylic acids is 1. The van der Waals surface area contributed by atoms with Gasteiger partial charge in [-0.15, -0.1) is 0 Å². The summed E-state index contributed by atoms with van der Waals surface area (Å²) in [6.45, 7) is 0. The van der Waals surface area contributed by atoms with Gasteiger partial charge < -0.3 is 15.9 Å². The van der Waals surface area contributed by atoms with Gasteiger partial charge in [0.05, 0.1) is 11.1 Å². The molecule has 0 aliphatic carbocycles. The molecule has 0 bridgehead atoms. The molecule has 2 aromatic carbocycles. The number of phenols is 2. The van der Waals surface area contributed by atoms with Gasteiger partial charge >= 0.3 is 0 Å². The van der Waals surface area contributed by atoms with Gasteiger partial charge in [0.1, 0.15) is 11.5 Å². The second-order valence-electron chi connectivity index (χ2n) is 3.62. The number of nitrogen functional groups attached to an aromatic ring is 1. The van der Waals surface area contributed by atoms with E-state index in [1.54, 1.807) is 12.1 Å². The molecule has 0 saturated carbocycles. The fourth-order valence-electron chi connectivity index (χ4n) is 1.55. The molecule has 86 valence electrons.